The van der Waals surface area contributed by atoms with Gasteiger partial charge in [-0.1, -0.05) is 0 Å². The van der Waals surface area contributed by atoms with Crippen molar-refractivity contribution in [2.45, 2.75) is 6.10 Å². The van der Waals surface area contributed by atoms with Crippen molar-refractivity contribution in [3.8, 4) is 23.0 Å². The molecule has 2 aromatic rings. The van der Waals surface area contributed by atoms with E-state index in [-0.39, 0.29) is 5.56 Å². The highest BCUT2D eigenvalue weighted by molar-refractivity contribution is 6.02. The molecule has 0 spiro atoms. The number of rotatable bonds is 7. The van der Waals surface area contributed by atoms with Gasteiger partial charge in [-0.2, -0.15) is 0 Å². The molecule has 1 atom stereocenters. The Balaban J connectivity index is 2.46. The van der Waals surface area contributed by atoms with Gasteiger partial charge in [-0.3, -0.25) is 4.79 Å². The standard InChI is InChI=1S/C18H20O6/c1-21-11-5-7-15(23-3)13(9-11)17(19)18(20)14-10-12(22-2)6-8-16(14)24-4/h5-10,17,19H,1-4H3. The van der Waals surface area contributed by atoms with Crippen LogP contribution >= 0.6 is 0 Å². The summed E-state index contributed by atoms with van der Waals surface area (Å²) in [5.41, 5.74) is 0.529. The number of aliphatic hydroxyl groups is 1. The Labute approximate surface area is 140 Å². The van der Waals surface area contributed by atoms with Gasteiger partial charge >= 0.3 is 0 Å². The number of carbonyl (C=O) groups is 1. The van der Waals surface area contributed by atoms with Crippen LogP contribution in [0, 0.1) is 0 Å². The molecule has 1 N–H and O–H groups in total. The molecule has 2 aromatic carbocycles. The lowest BCUT2D eigenvalue weighted by atomic mass is 9.98. The molecule has 0 bridgehead atoms. The van der Waals surface area contributed by atoms with Crippen LogP contribution in [-0.2, 0) is 0 Å². The molecule has 0 radical (unpaired) electrons. The highest BCUT2D eigenvalue weighted by Gasteiger charge is 2.26. The first-order chi connectivity index (χ1) is 11.5. The first-order valence-electron chi connectivity index (χ1n) is 7.22. The fraction of sp³-hybridized carbons (Fsp3) is 0.278. The molecular formula is C18H20O6. The van der Waals surface area contributed by atoms with Gasteiger partial charge in [-0.15, -0.1) is 0 Å². The van der Waals surface area contributed by atoms with Crippen molar-refractivity contribution in [1.82, 2.24) is 0 Å². The summed E-state index contributed by atoms with van der Waals surface area (Å²) in [6, 6.07) is 9.69. The van der Waals surface area contributed by atoms with Crippen LogP contribution in [-0.4, -0.2) is 39.3 Å². The zero-order valence-corrected chi connectivity index (χ0v) is 14.0. The molecule has 24 heavy (non-hydrogen) atoms. The first kappa shape index (κ1) is 17.6. The van der Waals surface area contributed by atoms with Crippen LogP contribution in [0.4, 0.5) is 0 Å². The van der Waals surface area contributed by atoms with E-state index in [1.807, 2.05) is 0 Å². The van der Waals surface area contributed by atoms with Gasteiger partial charge in [-0.25, -0.2) is 0 Å². The molecule has 6 nitrogen and oxygen atoms in total. The Morgan fingerprint density at radius 1 is 0.833 bits per heavy atom. The van der Waals surface area contributed by atoms with E-state index in [0.717, 1.165) is 0 Å². The van der Waals surface area contributed by atoms with Crippen LogP contribution in [0.1, 0.15) is 22.0 Å². The predicted molar refractivity (Wildman–Crippen MR) is 88.4 cm³/mol. The molecule has 0 heterocycles. The number of benzene rings is 2. The van der Waals surface area contributed by atoms with E-state index >= 15 is 0 Å². The summed E-state index contributed by atoms with van der Waals surface area (Å²) in [7, 11) is 5.92. The third kappa shape index (κ3) is 3.44. The highest BCUT2D eigenvalue weighted by atomic mass is 16.5. The SMILES string of the molecule is COc1ccc(OC)c(C(=O)C(O)c2cc(OC)ccc2OC)c1. The lowest BCUT2D eigenvalue weighted by molar-refractivity contribution is 0.0738. The van der Waals surface area contributed by atoms with Crippen LogP contribution in [0.15, 0.2) is 36.4 Å². The smallest absolute Gasteiger partial charge is 0.199 e. The van der Waals surface area contributed by atoms with Gasteiger partial charge in [0.1, 0.15) is 29.1 Å². The van der Waals surface area contributed by atoms with Crippen molar-refractivity contribution >= 4 is 5.78 Å². The number of aliphatic hydroxyl groups excluding tert-OH is 1. The van der Waals surface area contributed by atoms with Gasteiger partial charge in [0.2, 0.25) is 0 Å². The quantitative estimate of drug-likeness (QED) is 0.786. The van der Waals surface area contributed by atoms with Crippen molar-refractivity contribution in [3.05, 3.63) is 47.5 Å². The molecule has 0 fully saturated rings. The molecule has 128 valence electrons. The van der Waals surface area contributed by atoms with Crippen LogP contribution in [0.5, 0.6) is 23.0 Å². The molecule has 1 unspecified atom stereocenters. The summed E-state index contributed by atoms with van der Waals surface area (Å²) in [5, 5.41) is 10.6. The third-order valence-corrected chi connectivity index (χ3v) is 3.65. The summed E-state index contributed by atoms with van der Waals surface area (Å²) in [5.74, 6) is 1.21. The number of ketones is 1. The van der Waals surface area contributed by atoms with Crippen molar-refractivity contribution < 1.29 is 28.8 Å². The predicted octanol–water partition coefficient (Wildman–Crippen LogP) is 2.64. The Kier molecular flexibility index (Phi) is 5.65. The van der Waals surface area contributed by atoms with E-state index < -0.39 is 11.9 Å². The zero-order valence-electron chi connectivity index (χ0n) is 14.0. The molecule has 0 saturated heterocycles. The topological polar surface area (TPSA) is 74.2 Å². The van der Waals surface area contributed by atoms with Gasteiger partial charge in [0, 0.05) is 5.56 Å². The van der Waals surface area contributed by atoms with E-state index in [1.165, 1.54) is 34.5 Å². The molecule has 0 saturated carbocycles. The maximum atomic E-state index is 12.8. The fourth-order valence-electron chi connectivity index (χ4n) is 2.35. The molecule has 6 heteroatoms. The van der Waals surface area contributed by atoms with E-state index in [9.17, 15) is 9.90 Å². The number of carbonyl (C=O) groups excluding carboxylic acids is 1. The van der Waals surface area contributed by atoms with Crippen LogP contribution in [0.3, 0.4) is 0 Å². The zero-order chi connectivity index (χ0) is 17.7. The third-order valence-electron chi connectivity index (χ3n) is 3.65. The molecule has 0 aromatic heterocycles. The summed E-state index contributed by atoms with van der Waals surface area (Å²) in [6.07, 6.45) is -1.43. The minimum Gasteiger partial charge on any atom is -0.497 e. The largest absolute Gasteiger partial charge is 0.497 e. The molecule has 0 aliphatic rings. The maximum Gasteiger partial charge on any atom is 0.199 e. The van der Waals surface area contributed by atoms with Gasteiger partial charge in [-0.05, 0) is 36.4 Å². The Morgan fingerprint density at radius 3 is 1.92 bits per heavy atom. The Hall–Kier alpha value is -2.73. The monoisotopic (exact) mass is 332 g/mol. The van der Waals surface area contributed by atoms with E-state index in [2.05, 4.69) is 0 Å². The lowest BCUT2D eigenvalue weighted by Gasteiger charge is -2.17. The number of methoxy groups -OCH3 is 4. The van der Waals surface area contributed by atoms with Crippen LogP contribution in [0.25, 0.3) is 0 Å². The summed E-state index contributed by atoms with van der Waals surface area (Å²) in [4.78, 5) is 12.8. The average Bonchev–Trinajstić information content (AvgIpc) is 2.65. The van der Waals surface area contributed by atoms with Crippen molar-refractivity contribution in [3.63, 3.8) is 0 Å². The number of hydrogen-bond acceptors (Lipinski definition) is 6. The summed E-state index contributed by atoms with van der Waals surface area (Å²) in [6.45, 7) is 0. The minimum atomic E-state index is -1.43. The van der Waals surface area contributed by atoms with Crippen LogP contribution < -0.4 is 18.9 Å². The Bertz CT molecular complexity index is 725. The second-order valence-corrected chi connectivity index (χ2v) is 4.94. The average molecular weight is 332 g/mol. The van der Waals surface area contributed by atoms with Gasteiger partial charge < -0.3 is 24.1 Å². The first-order valence-corrected chi connectivity index (χ1v) is 7.22. The highest BCUT2D eigenvalue weighted by Crippen LogP contribution is 2.34. The fourth-order valence-corrected chi connectivity index (χ4v) is 2.35. The summed E-state index contributed by atoms with van der Waals surface area (Å²) >= 11 is 0. The van der Waals surface area contributed by atoms with E-state index in [1.54, 1.807) is 30.3 Å². The van der Waals surface area contributed by atoms with Crippen molar-refractivity contribution in [1.29, 1.82) is 0 Å². The maximum absolute atomic E-state index is 12.8. The normalized spacial score (nSPS) is 11.5. The van der Waals surface area contributed by atoms with Gasteiger partial charge in [0.15, 0.2) is 5.78 Å². The second kappa shape index (κ2) is 7.70. The number of ether oxygens (including phenoxy) is 4. The van der Waals surface area contributed by atoms with Crippen molar-refractivity contribution in [2.24, 2.45) is 0 Å². The Morgan fingerprint density at radius 2 is 1.38 bits per heavy atom. The molecule has 0 aliphatic carbocycles. The van der Waals surface area contributed by atoms with Crippen LogP contribution in [0.2, 0.25) is 0 Å². The molecule has 0 amide bonds. The van der Waals surface area contributed by atoms with E-state index in [0.29, 0.717) is 28.6 Å². The van der Waals surface area contributed by atoms with E-state index in [4.69, 9.17) is 18.9 Å². The molecule has 2 rings (SSSR count). The minimum absolute atomic E-state index is 0.217. The number of hydrogen-bond donors (Lipinski definition) is 1. The second-order valence-electron chi connectivity index (χ2n) is 4.94. The summed E-state index contributed by atoms with van der Waals surface area (Å²) < 4.78 is 20.7. The molecular weight excluding hydrogens is 312 g/mol. The van der Waals surface area contributed by atoms with Crippen molar-refractivity contribution in [2.75, 3.05) is 28.4 Å². The van der Waals surface area contributed by atoms with Gasteiger partial charge in [0.25, 0.3) is 0 Å². The number of Topliss-reactive ketones (excluding diaryl/α,β-unsaturated/α-hetero) is 1. The lowest BCUT2D eigenvalue weighted by Crippen LogP contribution is -2.14. The molecule has 0 aliphatic heterocycles. The van der Waals surface area contributed by atoms with Gasteiger partial charge in [0.05, 0.1) is 34.0 Å².